The summed E-state index contributed by atoms with van der Waals surface area (Å²) < 4.78 is 5.34. The third kappa shape index (κ3) is 2.78. The summed E-state index contributed by atoms with van der Waals surface area (Å²) >= 11 is 1.59. The molecule has 1 aromatic rings. The molecule has 0 amide bonds. The first-order valence-electron chi connectivity index (χ1n) is 5.24. The van der Waals surface area contributed by atoms with Gasteiger partial charge in [-0.05, 0) is 24.8 Å². The van der Waals surface area contributed by atoms with Crippen LogP contribution >= 0.6 is 11.3 Å². The van der Waals surface area contributed by atoms with E-state index in [0.717, 1.165) is 24.5 Å². The van der Waals surface area contributed by atoms with Gasteiger partial charge in [0.2, 0.25) is 0 Å². The zero-order valence-corrected chi connectivity index (χ0v) is 9.72. The minimum atomic E-state index is -0.401. The van der Waals surface area contributed by atoms with Crippen LogP contribution in [0.3, 0.4) is 0 Å². The summed E-state index contributed by atoms with van der Waals surface area (Å²) in [6.07, 6.45) is 0.617. The largest absolute Gasteiger partial charge is 0.386 e. The molecule has 0 spiro atoms. The maximum atomic E-state index is 9.89. The van der Waals surface area contributed by atoms with E-state index in [2.05, 4.69) is 12.2 Å². The van der Waals surface area contributed by atoms with Gasteiger partial charge in [0.05, 0.1) is 6.61 Å². The van der Waals surface area contributed by atoms with Gasteiger partial charge in [-0.2, -0.15) is 0 Å². The van der Waals surface area contributed by atoms with Crippen LogP contribution in [0.4, 0.5) is 0 Å². The van der Waals surface area contributed by atoms with Crippen LogP contribution in [0.25, 0.3) is 0 Å². The number of β-amino-alcohol motifs (C(OH)–C–C–N with tert-alkyl or cyclic N) is 1. The molecule has 1 aliphatic heterocycles. The van der Waals surface area contributed by atoms with Gasteiger partial charge in [0.15, 0.2) is 0 Å². The van der Waals surface area contributed by atoms with Crippen LogP contribution < -0.4 is 5.32 Å². The van der Waals surface area contributed by atoms with Gasteiger partial charge >= 0.3 is 0 Å². The van der Waals surface area contributed by atoms with Crippen molar-refractivity contribution in [3.8, 4) is 0 Å². The van der Waals surface area contributed by atoms with Crippen LogP contribution in [0.1, 0.15) is 24.3 Å². The maximum absolute atomic E-state index is 9.89. The Morgan fingerprint density at radius 2 is 2.60 bits per heavy atom. The molecule has 15 heavy (non-hydrogen) atoms. The Labute approximate surface area is 94.1 Å². The fraction of sp³-hybridized carbons (Fsp3) is 0.636. The van der Waals surface area contributed by atoms with Crippen molar-refractivity contribution >= 4 is 11.3 Å². The van der Waals surface area contributed by atoms with Crippen LogP contribution in [0, 0.1) is 0 Å². The van der Waals surface area contributed by atoms with E-state index in [1.54, 1.807) is 11.3 Å². The molecular weight excluding hydrogens is 210 g/mol. The van der Waals surface area contributed by atoms with Crippen molar-refractivity contribution in [1.82, 2.24) is 5.32 Å². The molecule has 2 N–H and O–H groups in total. The summed E-state index contributed by atoms with van der Waals surface area (Å²) in [5.41, 5.74) is 0.0399. The molecule has 1 aliphatic rings. The first kappa shape index (κ1) is 11.1. The highest BCUT2D eigenvalue weighted by Gasteiger charge is 2.29. The second-order valence-corrected chi connectivity index (χ2v) is 5.25. The normalized spacial score (nSPS) is 28.1. The zero-order valence-electron chi connectivity index (χ0n) is 8.90. The molecule has 2 rings (SSSR count). The number of nitrogens with one attached hydrogen (secondary N) is 1. The predicted octanol–water partition coefficient (Wildman–Crippen LogP) is 1.55. The Morgan fingerprint density at radius 1 is 1.73 bits per heavy atom. The minimum absolute atomic E-state index is 0.0399. The number of hydrogen-bond donors (Lipinski definition) is 2. The number of ether oxygens (including phenoxy) is 1. The zero-order chi connectivity index (χ0) is 10.7. The molecule has 0 radical (unpaired) electrons. The molecule has 0 aliphatic carbocycles. The lowest BCUT2D eigenvalue weighted by molar-refractivity contribution is 0.143. The second kappa shape index (κ2) is 4.61. The topological polar surface area (TPSA) is 41.5 Å². The first-order chi connectivity index (χ1) is 7.20. The second-order valence-electron chi connectivity index (χ2n) is 4.28. The lowest BCUT2D eigenvalue weighted by atomic mass is 10.0. The Kier molecular flexibility index (Phi) is 3.41. The molecule has 1 saturated heterocycles. The SMILES string of the molecule is CC1(NCC(O)c2cccs2)CCOC1. The number of rotatable bonds is 4. The highest BCUT2D eigenvalue weighted by Crippen LogP contribution is 2.21. The Morgan fingerprint density at radius 3 is 3.20 bits per heavy atom. The summed E-state index contributed by atoms with van der Waals surface area (Å²) in [5, 5.41) is 15.3. The Hall–Kier alpha value is -0.420. The van der Waals surface area contributed by atoms with Gasteiger partial charge in [-0.25, -0.2) is 0 Å². The van der Waals surface area contributed by atoms with Crippen LogP contribution in [-0.2, 0) is 4.74 Å². The number of thiophene rings is 1. The average Bonchev–Trinajstić information content (AvgIpc) is 2.85. The van der Waals surface area contributed by atoms with Crippen molar-refractivity contribution in [1.29, 1.82) is 0 Å². The lowest BCUT2D eigenvalue weighted by Gasteiger charge is -2.25. The Balaban J connectivity index is 1.83. The minimum Gasteiger partial charge on any atom is -0.386 e. The quantitative estimate of drug-likeness (QED) is 0.820. The third-order valence-electron chi connectivity index (χ3n) is 2.81. The molecule has 1 fully saturated rings. The third-order valence-corrected chi connectivity index (χ3v) is 3.79. The van der Waals surface area contributed by atoms with Crippen LogP contribution in [0.5, 0.6) is 0 Å². The van der Waals surface area contributed by atoms with Crippen molar-refractivity contribution in [2.24, 2.45) is 0 Å². The van der Waals surface area contributed by atoms with E-state index < -0.39 is 6.10 Å². The smallest absolute Gasteiger partial charge is 0.101 e. The van der Waals surface area contributed by atoms with Crippen molar-refractivity contribution in [2.45, 2.75) is 25.0 Å². The van der Waals surface area contributed by atoms with E-state index in [-0.39, 0.29) is 5.54 Å². The molecule has 3 nitrogen and oxygen atoms in total. The monoisotopic (exact) mass is 227 g/mol. The van der Waals surface area contributed by atoms with Crippen LogP contribution in [0.2, 0.25) is 0 Å². The number of aliphatic hydroxyl groups is 1. The van der Waals surface area contributed by atoms with Crippen LogP contribution in [0.15, 0.2) is 17.5 Å². The van der Waals surface area contributed by atoms with Gasteiger partial charge < -0.3 is 15.2 Å². The highest BCUT2D eigenvalue weighted by atomic mass is 32.1. The molecule has 4 heteroatoms. The van der Waals surface area contributed by atoms with E-state index in [4.69, 9.17) is 4.74 Å². The van der Waals surface area contributed by atoms with Gasteiger partial charge in [0.1, 0.15) is 6.10 Å². The van der Waals surface area contributed by atoms with Crippen molar-refractivity contribution in [3.05, 3.63) is 22.4 Å². The number of hydrogen-bond acceptors (Lipinski definition) is 4. The van der Waals surface area contributed by atoms with Crippen LogP contribution in [-0.4, -0.2) is 30.4 Å². The van der Waals surface area contributed by atoms with E-state index in [9.17, 15) is 5.11 Å². The van der Waals surface area contributed by atoms with E-state index in [1.807, 2.05) is 17.5 Å². The van der Waals surface area contributed by atoms with Crippen molar-refractivity contribution < 1.29 is 9.84 Å². The maximum Gasteiger partial charge on any atom is 0.101 e. The van der Waals surface area contributed by atoms with E-state index in [1.165, 1.54) is 0 Å². The first-order valence-corrected chi connectivity index (χ1v) is 6.12. The lowest BCUT2D eigenvalue weighted by Crippen LogP contribution is -2.44. The van der Waals surface area contributed by atoms with Gasteiger partial charge in [0.25, 0.3) is 0 Å². The molecule has 84 valence electrons. The molecular formula is C11H17NO2S. The van der Waals surface area contributed by atoms with Gasteiger partial charge in [-0.15, -0.1) is 11.3 Å². The summed E-state index contributed by atoms with van der Waals surface area (Å²) in [6, 6.07) is 3.92. The van der Waals surface area contributed by atoms with E-state index >= 15 is 0 Å². The fourth-order valence-electron chi connectivity index (χ4n) is 1.73. The fourth-order valence-corrected chi connectivity index (χ4v) is 2.44. The Bertz CT molecular complexity index is 294. The molecule has 2 atom stereocenters. The summed E-state index contributed by atoms with van der Waals surface area (Å²) in [5.74, 6) is 0. The molecule has 0 bridgehead atoms. The predicted molar refractivity (Wildman–Crippen MR) is 61.1 cm³/mol. The van der Waals surface area contributed by atoms with Crippen molar-refractivity contribution in [3.63, 3.8) is 0 Å². The molecule has 0 aromatic carbocycles. The standard InChI is InChI=1S/C11H17NO2S/c1-11(4-5-14-8-11)12-7-9(13)10-3-2-6-15-10/h2-3,6,9,12-13H,4-5,7-8H2,1H3. The van der Waals surface area contributed by atoms with E-state index in [0.29, 0.717) is 6.54 Å². The summed E-state index contributed by atoms with van der Waals surface area (Å²) in [7, 11) is 0. The number of aliphatic hydroxyl groups excluding tert-OH is 1. The van der Waals surface area contributed by atoms with Crippen molar-refractivity contribution in [2.75, 3.05) is 19.8 Å². The average molecular weight is 227 g/mol. The summed E-state index contributed by atoms with van der Waals surface area (Å²) in [4.78, 5) is 1.02. The van der Waals surface area contributed by atoms with Gasteiger partial charge in [0, 0.05) is 23.6 Å². The molecule has 2 heterocycles. The molecule has 1 aromatic heterocycles. The molecule has 2 unspecified atom stereocenters. The van der Waals surface area contributed by atoms with Gasteiger partial charge in [-0.3, -0.25) is 0 Å². The molecule has 0 saturated carbocycles. The van der Waals surface area contributed by atoms with Gasteiger partial charge in [-0.1, -0.05) is 6.07 Å². The highest BCUT2D eigenvalue weighted by molar-refractivity contribution is 7.10. The summed E-state index contributed by atoms with van der Waals surface area (Å²) in [6.45, 7) is 4.30.